The van der Waals surface area contributed by atoms with E-state index < -0.39 is 11.5 Å². The van der Waals surface area contributed by atoms with Crippen LogP contribution in [0.3, 0.4) is 0 Å². The van der Waals surface area contributed by atoms with E-state index in [0.29, 0.717) is 12.5 Å². The molecule has 0 saturated carbocycles. The monoisotopic (exact) mass is 298 g/mol. The van der Waals surface area contributed by atoms with E-state index in [9.17, 15) is 9.90 Å². The van der Waals surface area contributed by atoms with Crippen molar-refractivity contribution >= 4 is 5.97 Å². The Morgan fingerprint density at radius 3 is 2.71 bits per heavy atom. The molecule has 1 aliphatic rings. The lowest BCUT2D eigenvalue weighted by molar-refractivity contribution is -0.145. The van der Waals surface area contributed by atoms with Crippen molar-refractivity contribution in [3.63, 3.8) is 0 Å². The van der Waals surface area contributed by atoms with E-state index in [-0.39, 0.29) is 0 Å². The van der Waals surface area contributed by atoms with Crippen molar-refractivity contribution in [2.45, 2.75) is 83.7 Å². The van der Waals surface area contributed by atoms with Gasteiger partial charge in [0.25, 0.3) is 0 Å². The molecule has 0 aromatic rings. The normalized spacial score (nSPS) is 23.5. The smallest absolute Gasteiger partial charge is 0.323 e. The van der Waals surface area contributed by atoms with E-state index in [0.717, 1.165) is 32.4 Å². The Morgan fingerprint density at radius 2 is 2.10 bits per heavy atom. The van der Waals surface area contributed by atoms with E-state index in [2.05, 4.69) is 24.1 Å². The number of likely N-dealkylation sites (tertiary alicyclic amines) is 1. The number of hydrogen-bond donors (Lipinski definition) is 2. The molecule has 1 rings (SSSR count). The second-order valence-corrected chi connectivity index (χ2v) is 6.51. The number of carboxylic acid groups (broad SMARTS) is 1. The Hall–Kier alpha value is -0.610. The fourth-order valence-electron chi connectivity index (χ4n) is 3.34. The maximum absolute atomic E-state index is 11.7. The van der Waals surface area contributed by atoms with Crippen LogP contribution in [-0.4, -0.2) is 47.2 Å². The molecule has 1 aliphatic heterocycles. The van der Waals surface area contributed by atoms with Crippen LogP contribution in [0, 0.1) is 0 Å². The summed E-state index contributed by atoms with van der Waals surface area (Å²) in [6.45, 7) is 9.35. The van der Waals surface area contributed by atoms with Gasteiger partial charge in [-0.1, -0.05) is 26.7 Å². The fourth-order valence-corrected chi connectivity index (χ4v) is 3.34. The molecule has 0 aromatic carbocycles. The highest BCUT2D eigenvalue weighted by Gasteiger charge is 2.35. The topological polar surface area (TPSA) is 52.6 Å². The van der Waals surface area contributed by atoms with Crippen LogP contribution in [0.15, 0.2) is 0 Å². The van der Waals surface area contributed by atoms with Crippen molar-refractivity contribution in [2.75, 3.05) is 19.6 Å². The zero-order chi connectivity index (χ0) is 15.7. The zero-order valence-electron chi connectivity index (χ0n) is 14.2. The van der Waals surface area contributed by atoms with Crippen molar-refractivity contribution in [1.29, 1.82) is 0 Å². The minimum Gasteiger partial charge on any atom is -0.480 e. The van der Waals surface area contributed by atoms with Gasteiger partial charge in [0.1, 0.15) is 5.54 Å². The predicted octanol–water partition coefficient (Wildman–Crippen LogP) is 3.26. The maximum Gasteiger partial charge on any atom is 0.323 e. The van der Waals surface area contributed by atoms with Crippen LogP contribution in [0.2, 0.25) is 0 Å². The van der Waals surface area contributed by atoms with Gasteiger partial charge in [0.2, 0.25) is 0 Å². The minimum atomic E-state index is -0.731. The Bertz CT molecular complexity index is 309. The van der Waals surface area contributed by atoms with Gasteiger partial charge >= 0.3 is 5.97 Å². The lowest BCUT2D eigenvalue weighted by Gasteiger charge is -2.32. The molecule has 4 nitrogen and oxygen atoms in total. The predicted molar refractivity (Wildman–Crippen MR) is 87.7 cm³/mol. The van der Waals surface area contributed by atoms with Crippen LogP contribution >= 0.6 is 0 Å². The van der Waals surface area contributed by atoms with Crippen LogP contribution in [-0.2, 0) is 4.79 Å². The number of nitrogens with one attached hydrogen (secondary N) is 1. The van der Waals surface area contributed by atoms with Gasteiger partial charge in [0.15, 0.2) is 0 Å². The third kappa shape index (κ3) is 5.59. The van der Waals surface area contributed by atoms with Gasteiger partial charge in [-0.05, 0) is 65.1 Å². The molecule has 1 fully saturated rings. The van der Waals surface area contributed by atoms with E-state index in [4.69, 9.17) is 0 Å². The number of carbonyl (C=O) groups is 1. The Labute approximate surface area is 130 Å². The van der Waals surface area contributed by atoms with Gasteiger partial charge in [-0.25, -0.2) is 0 Å². The third-order valence-electron chi connectivity index (χ3n) is 4.97. The molecule has 1 heterocycles. The summed E-state index contributed by atoms with van der Waals surface area (Å²) < 4.78 is 0. The Kier molecular flexibility index (Phi) is 8.27. The summed E-state index contributed by atoms with van der Waals surface area (Å²) in [6.07, 6.45) is 8.55. The number of carboxylic acids is 1. The molecule has 2 atom stereocenters. The largest absolute Gasteiger partial charge is 0.480 e. The number of aliphatic carboxylic acids is 1. The maximum atomic E-state index is 11.7. The van der Waals surface area contributed by atoms with Gasteiger partial charge in [-0.3, -0.25) is 4.79 Å². The summed E-state index contributed by atoms with van der Waals surface area (Å²) in [5.74, 6) is -0.692. The molecule has 0 bridgehead atoms. The molecular weight excluding hydrogens is 264 g/mol. The first kappa shape index (κ1) is 18.4. The molecule has 1 saturated heterocycles. The highest BCUT2D eigenvalue weighted by Crippen LogP contribution is 2.21. The summed E-state index contributed by atoms with van der Waals surface area (Å²) in [5, 5.41) is 12.9. The van der Waals surface area contributed by atoms with Crippen LogP contribution in [0.1, 0.15) is 72.1 Å². The summed E-state index contributed by atoms with van der Waals surface area (Å²) in [6, 6.07) is 0.650. The average Bonchev–Trinajstić information content (AvgIpc) is 2.67. The first-order chi connectivity index (χ1) is 10.1. The minimum absolute atomic E-state index is 0.650. The second kappa shape index (κ2) is 9.42. The lowest BCUT2D eigenvalue weighted by atomic mass is 9.90. The van der Waals surface area contributed by atoms with Crippen LogP contribution in [0.25, 0.3) is 0 Å². The molecule has 124 valence electrons. The molecule has 21 heavy (non-hydrogen) atoms. The van der Waals surface area contributed by atoms with Crippen molar-refractivity contribution in [3.05, 3.63) is 0 Å². The number of hydrogen-bond acceptors (Lipinski definition) is 3. The van der Waals surface area contributed by atoms with Gasteiger partial charge in [-0.2, -0.15) is 0 Å². The zero-order valence-corrected chi connectivity index (χ0v) is 14.2. The molecule has 2 unspecified atom stereocenters. The summed E-state index contributed by atoms with van der Waals surface area (Å²) >= 11 is 0. The van der Waals surface area contributed by atoms with Crippen molar-refractivity contribution < 1.29 is 9.90 Å². The summed E-state index contributed by atoms with van der Waals surface area (Å²) in [5.41, 5.74) is -0.731. The fraction of sp³-hybridized carbons (Fsp3) is 0.941. The number of rotatable bonds is 9. The average molecular weight is 298 g/mol. The third-order valence-corrected chi connectivity index (χ3v) is 4.97. The first-order valence-electron chi connectivity index (χ1n) is 8.78. The van der Waals surface area contributed by atoms with Gasteiger partial charge in [0, 0.05) is 6.04 Å². The first-order valence-corrected chi connectivity index (χ1v) is 8.78. The molecule has 0 radical (unpaired) electrons. The summed E-state index contributed by atoms with van der Waals surface area (Å²) in [7, 11) is 0. The van der Waals surface area contributed by atoms with Crippen molar-refractivity contribution in [1.82, 2.24) is 10.2 Å². The van der Waals surface area contributed by atoms with Crippen LogP contribution in [0.5, 0.6) is 0 Å². The SMILES string of the molecule is CCCNC(CC)(CCCN1CCCCCC1C)C(=O)O. The molecule has 2 N–H and O–H groups in total. The quantitative estimate of drug-likeness (QED) is 0.686. The molecular formula is C17H34N2O2. The molecule has 0 spiro atoms. The molecule has 0 aliphatic carbocycles. The van der Waals surface area contributed by atoms with E-state index >= 15 is 0 Å². The van der Waals surface area contributed by atoms with Crippen molar-refractivity contribution in [2.24, 2.45) is 0 Å². The highest BCUT2D eigenvalue weighted by molar-refractivity contribution is 5.78. The standard InChI is InChI=1S/C17H34N2O2/c1-4-12-18-17(5-2,16(20)21)11-9-14-19-13-8-6-7-10-15(19)3/h15,18H,4-14H2,1-3H3,(H,20,21). The van der Waals surface area contributed by atoms with E-state index in [1.807, 2.05) is 6.92 Å². The van der Waals surface area contributed by atoms with Gasteiger partial charge in [-0.15, -0.1) is 0 Å². The highest BCUT2D eigenvalue weighted by atomic mass is 16.4. The summed E-state index contributed by atoms with van der Waals surface area (Å²) in [4.78, 5) is 14.2. The van der Waals surface area contributed by atoms with Crippen LogP contribution in [0.4, 0.5) is 0 Å². The van der Waals surface area contributed by atoms with E-state index in [1.54, 1.807) is 0 Å². The van der Waals surface area contributed by atoms with Gasteiger partial charge in [0.05, 0.1) is 0 Å². The Morgan fingerprint density at radius 1 is 1.33 bits per heavy atom. The molecule has 0 aromatic heterocycles. The van der Waals surface area contributed by atoms with Crippen LogP contribution < -0.4 is 5.32 Å². The van der Waals surface area contributed by atoms with Crippen molar-refractivity contribution in [3.8, 4) is 0 Å². The lowest BCUT2D eigenvalue weighted by Crippen LogP contribution is -2.52. The second-order valence-electron chi connectivity index (χ2n) is 6.51. The van der Waals surface area contributed by atoms with E-state index in [1.165, 1.54) is 32.2 Å². The van der Waals surface area contributed by atoms with Gasteiger partial charge < -0.3 is 15.3 Å². The molecule has 4 heteroatoms. The Balaban J connectivity index is 2.50. The molecule has 0 amide bonds. The number of nitrogens with zero attached hydrogens (tertiary/aromatic N) is 1.